The van der Waals surface area contributed by atoms with Crippen LogP contribution in [0.15, 0.2) is 65.2 Å². The van der Waals surface area contributed by atoms with Gasteiger partial charge in [0.05, 0.1) is 6.54 Å². The molecule has 0 fully saturated rings. The molecule has 3 aromatic rings. The molecule has 5 nitrogen and oxygen atoms in total. The maximum absolute atomic E-state index is 12.2. The molecule has 0 aliphatic carbocycles. The van der Waals surface area contributed by atoms with E-state index in [1.165, 1.54) is 5.56 Å². The van der Waals surface area contributed by atoms with Crippen LogP contribution >= 0.6 is 0 Å². The van der Waals surface area contributed by atoms with Crippen LogP contribution in [-0.4, -0.2) is 36.1 Å². The third kappa shape index (κ3) is 5.79. The number of carbonyl (C=O) groups is 1. The van der Waals surface area contributed by atoms with Gasteiger partial charge in [-0.1, -0.05) is 54.5 Å². The molecule has 0 saturated carbocycles. The fraction of sp³-hybridized carbons (Fsp3) is 0.304. The summed E-state index contributed by atoms with van der Waals surface area (Å²) in [4.78, 5) is 14.2. The molecule has 0 aliphatic rings. The standard InChI is InChI=1S/C23H27N3O2/c1-3-18-11-13-20(14-12-18)24-23(27)17-26(2)15-7-10-21-16-22(25-28-21)19-8-5-4-6-9-19/h4-6,8-9,11-14,16H,3,7,10,15,17H2,1-2H3,(H,24,27). The van der Waals surface area contributed by atoms with Crippen LogP contribution in [-0.2, 0) is 17.6 Å². The van der Waals surface area contributed by atoms with Crippen LogP contribution in [0.3, 0.4) is 0 Å². The number of nitrogens with one attached hydrogen (secondary N) is 1. The Labute approximate surface area is 166 Å². The number of aryl methyl sites for hydroxylation is 2. The maximum Gasteiger partial charge on any atom is 0.238 e. The first kappa shape index (κ1) is 19.8. The number of amides is 1. The van der Waals surface area contributed by atoms with Gasteiger partial charge in [-0.15, -0.1) is 0 Å². The average Bonchev–Trinajstić information content (AvgIpc) is 3.18. The van der Waals surface area contributed by atoms with Crippen LogP contribution in [0.1, 0.15) is 24.7 Å². The molecule has 0 radical (unpaired) electrons. The smallest absolute Gasteiger partial charge is 0.238 e. The van der Waals surface area contributed by atoms with Gasteiger partial charge < -0.3 is 9.84 Å². The van der Waals surface area contributed by atoms with Gasteiger partial charge in [0, 0.05) is 23.7 Å². The molecule has 0 unspecified atom stereocenters. The molecule has 1 N–H and O–H groups in total. The normalized spacial score (nSPS) is 11.0. The fourth-order valence-corrected chi connectivity index (χ4v) is 3.05. The number of rotatable bonds is 9. The van der Waals surface area contributed by atoms with Crippen molar-refractivity contribution in [1.29, 1.82) is 0 Å². The van der Waals surface area contributed by atoms with E-state index in [4.69, 9.17) is 4.52 Å². The quantitative estimate of drug-likeness (QED) is 0.600. The van der Waals surface area contributed by atoms with Crippen LogP contribution in [0.2, 0.25) is 0 Å². The number of likely N-dealkylation sites (N-methyl/N-ethyl adjacent to an activating group) is 1. The minimum atomic E-state index is -0.00206. The van der Waals surface area contributed by atoms with Gasteiger partial charge in [-0.3, -0.25) is 9.69 Å². The summed E-state index contributed by atoms with van der Waals surface area (Å²) >= 11 is 0. The molecule has 0 aliphatic heterocycles. The first-order chi connectivity index (χ1) is 13.6. The summed E-state index contributed by atoms with van der Waals surface area (Å²) in [5.41, 5.74) is 4.01. The lowest BCUT2D eigenvalue weighted by Crippen LogP contribution is -2.31. The van der Waals surface area contributed by atoms with Gasteiger partial charge >= 0.3 is 0 Å². The number of aromatic nitrogens is 1. The number of carbonyl (C=O) groups excluding carboxylic acids is 1. The molecule has 2 aromatic carbocycles. The van der Waals surface area contributed by atoms with E-state index in [9.17, 15) is 4.79 Å². The molecule has 1 amide bonds. The zero-order valence-corrected chi connectivity index (χ0v) is 16.5. The highest BCUT2D eigenvalue weighted by Gasteiger charge is 2.09. The highest BCUT2D eigenvalue weighted by molar-refractivity contribution is 5.92. The number of benzene rings is 2. The van der Waals surface area contributed by atoms with Gasteiger partial charge in [-0.05, 0) is 44.1 Å². The molecule has 0 atom stereocenters. The lowest BCUT2D eigenvalue weighted by molar-refractivity contribution is -0.117. The molecule has 0 spiro atoms. The molecular formula is C23H27N3O2. The Morgan fingerprint density at radius 2 is 1.86 bits per heavy atom. The van der Waals surface area contributed by atoms with E-state index in [-0.39, 0.29) is 5.91 Å². The number of hydrogen-bond acceptors (Lipinski definition) is 4. The Balaban J connectivity index is 1.40. The van der Waals surface area contributed by atoms with Gasteiger partial charge in [0.1, 0.15) is 11.5 Å². The van der Waals surface area contributed by atoms with Crippen molar-refractivity contribution in [2.75, 3.05) is 25.5 Å². The van der Waals surface area contributed by atoms with Gasteiger partial charge in [0.15, 0.2) is 0 Å². The maximum atomic E-state index is 12.2. The lowest BCUT2D eigenvalue weighted by Gasteiger charge is -2.15. The van der Waals surface area contributed by atoms with Crippen molar-refractivity contribution >= 4 is 11.6 Å². The van der Waals surface area contributed by atoms with Crippen molar-refractivity contribution in [2.24, 2.45) is 0 Å². The molecule has 3 rings (SSSR count). The minimum Gasteiger partial charge on any atom is -0.361 e. The Bertz CT molecular complexity index is 872. The fourth-order valence-electron chi connectivity index (χ4n) is 3.05. The Morgan fingerprint density at radius 1 is 1.11 bits per heavy atom. The molecule has 28 heavy (non-hydrogen) atoms. The predicted molar refractivity (Wildman–Crippen MR) is 112 cm³/mol. The van der Waals surface area contributed by atoms with Crippen LogP contribution in [0.4, 0.5) is 5.69 Å². The van der Waals surface area contributed by atoms with Crippen molar-refractivity contribution in [3.05, 3.63) is 72.0 Å². The van der Waals surface area contributed by atoms with E-state index >= 15 is 0 Å². The molecule has 5 heteroatoms. The lowest BCUT2D eigenvalue weighted by atomic mass is 10.1. The van der Waals surface area contributed by atoms with Crippen molar-refractivity contribution in [3.8, 4) is 11.3 Å². The first-order valence-electron chi connectivity index (χ1n) is 9.72. The highest BCUT2D eigenvalue weighted by atomic mass is 16.5. The zero-order valence-electron chi connectivity index (χ0n) is 16.5. The van der Waals surface area contributed by atoms with Crippen LogP contribution in [0.25, 0.3) is 11.3 Å². The van der Waals surface area contributed by atoms with E-state index in [0.717, 1.165) is 48.5 Å². The van der Waals surface area contributed by atoms with Crippen molar-refractivity contribution in [1.82, 2.24) is 10.1 Å². The van der Waals surface area contributed by atoms with E-state index in [1.54, 1.807) is 0 Å². The summed E-state index contributed by atoms with van der Waals surface area (Å²) in [5, 5.41) is 7.08. The summed E-state index contributed by atoms with van der Waals surface area (Å²) in [5.74, 6) is 0.866. The second kappa shape index (κ2) is 9.85. The van der Waals surface area contributed by atoms with Crippen molar-refractivity contribution < 1.29 is 9.32 Å². The Hall–Kier alpha value is -2.92. The van der Waals surface area contributed by atoms with Crippen molar-refractivity contribution in [2.45, 2.75) is 26.2 Å². The second-order valence-corrected chi connectivity index (χ2v) is 6.98. The summed E-state index contributed by atoms with van der Waals surface area (Å²) in [7, 11) is 1.95. The van der Waals surface area contributed by atoms with E-state index in [2.05, 4.69) is 17.4 Å². The predicted octanol–water partition coefficient (Wildman–Crippen LogP) is 4.41. The Kier molecular flexibility index (Phi) is 6.98. The highest BCUT2D eigenvalue weighted by Crippen LogP contribution is 2.19. The zero-order chi connectivity index (χ0) is 19.8. The average molecular weight is 377 g/mol. The summed E-state index contributed by atoms with van der Waals surface area (Å²) in [6.45, 7) is 3.29. The first-order valence-corrected chi connectivity index (χ1v) is 9.72. The number of anilines is 1. The van der Waals surface area contributed by atoms with Gasteiger partial charge in [-0.2, -0.15) is 0 Å². The van der Waals surface area contributed by atoms with Gasteiger partial charge in [0.25, 0.3) is 0 Å². The topological polar surface area (TPSA) is 58.4 Å². The van der Waals surface area contributed by atoms with Crippen LogP contribution < -0.4 is 5.32 Å². The summed E-state index contributed by atoms with van der Waals surface area (Å²) in [6.07, 6.45) is 2.69. The van der Waals surface area contributed by atoms with E-state index in [1.807, 2.05) is 72.6 Å². The second-order valence-electron chi connectivity index (χ2n) is 6.98. The molecule has 1 heterocycles. The van der Waals surface area contributed by atoms with Gasteiger partial charge in [-0.25, -0.2) is 0 Å². The van der Waals surface area contributed by atoms with Crippen molar-refractivity contribution in [3.63, 3.8) is 0 Å². The molecule has 0 saturated heterocycles. The van der Waals surface area contributed by atoms with Gasteiger partial charge in [0.2, 0.25) is 5.91 Å². The molecule has 146 valence electrons. The third-order valence-electron chi connectivity index (χ3n) is 4.65. The SMILES string of the molecule is CCc1ccc(NC(=O)CN(C)CCCc2cc(-c3ccccc3)no2)cc1. The molecular weight excluding hydrogens is 350 g/mol. The monoisotopic (exact) mass is 377 g/mol. The summed E-state index contributed by atoms with van der Waals surface area (Å²) < 4.78 is 5.43. The molecule has 1 aromatic heterocycles. The Morgan fingerprint density at radius 3 is 2.57 bits per heavy atom. The summed E-state index contributed by atoms with van der Waals surface area (Å²) in [6, 6.07) is 20.0. The molecule has 0 bridgehead atoms. The largest absolute Gasteiger partial charge is 0.361 e. The van der Waals surface area contributed by atoms with E-state index in [0.29, 0.717) is 6.54 Å². The minimum absolute atomic E-state index is 0.00206. The number of hydrogen-bond donors (Lipinski definition) is 1. The number of nitrogens with zero attached hydrogens (tertiary/aromatic N) is 2. The van der Waals surface area contributed by atoms with Crippen LogP contribution in [0.5, 0.6) is 0 Å². The van der Waals surface area contributed by atoms with Crippen LogP contribution in [0, 0.1) is 0 Å². The third-order valence-corrected chi connectivity index (χ3v) is 4.65. The van der Waals surface area contributed by atoms with E-state index < -0.39 is 0 Å².